The van der Waals surface area contributed by atoms with E-state index in [2.05, 4.69) is 4.90 Å². The van der Waals surface area contributed by atoms with E-state index >= 15 is 0 Å². The number of hydrogen-bond donors (Lipinski definition) is 0. The molecule has 0 aromatic carbocycles. The summed E-state index contributed by atoms with van der Waals surface area (Å²) in [5.41, 5.74) is 0. The molecule has 0 amide bonds. The largest absolute Gasteiger partial charge is 0.309 e. The third-order valence-corrected chi connectivity index (χ3v) is 1.10. The van der Waals surface area contributed by atoms with Crippen LogP contribution in [0.4, 0.5) is 0 Å². The molecule has 0 N–H and O–H groups in total. The maximum absolute atomic E-state index is 10.4. The Labute approximate surface area is 62.5 Å². The molecule has 0 saturated heterocycles. The van der Waals surface area contributed by atoms with Crippen molar-refractivity contribution in [2.75, 3.05) is 20.6 Å². The monoisotopic (exact) mass is 141 g/mol. The minimum absolute atomic E-state index is 0.124. The summed E-state index contributed by atoms with van der Waals surface area (Å²) in [6.45, 7) is 2.57. The Morgan fingerprint density at radius 1 is 1.50 bits per heavy atom. The quantitative estimate of drug-likeness (QED) is 0.546. The average molecular weight is 141 g/mol. The smallest absolute Gasteiger partial charge is 0.152 e. The van der Waals surface area contributed by atoms with Gasteiger partial charge in [-0.25, -0.2) is 0 Å². The predicted molar refractivity (Wildman–Crippen MR) is 43.0 cm³/mol. The Hall–Kier alpha value is -0.630. The van der Waals surface area contributed by atoms with E-state index in [1.165, 1.54) is 0 Å². The van der Waals surface area contributed by atoms with E-state index in [0.717, 1.165) is 13.0 Å². The van der Waals surface area contributed by atoms with Crippen LogP contribution < -0.4 is 0 Å². The molecule has 0 aliphatic carbocycles. The van der Waals surface area contributed by atoms with Crippen LogP contribution >= 0.6 is 0 Å². The number of nitrogens with zero attached hydrogens (tertiary/aromatic N) is 1. The minimum Gasteiger partial charge on any atom is -0.309 e. The number of allylic oxidation sites excluding steroid dienone is 1. The molecular weight excluding hydrogens is 126 g/mol. The summed E-state index contributed by atoms with van der Waals surface area (Å²) in [6, 6.07) is 0. The molecule has 0 heterocycles. The fraction of sp³-hybridized carbons (Fsp3) is 0.625. The van der Waals surface area contributed by atoms with Crippen molar-refractivity contribution in [3.05, 3.63) is 12.2 Å². The molecule has 0 bridgehead atoms. The van der Waals surface area contributed by atoms with Crippen LogP contribution in [-0.2, 0) is 4.79 Å². The van der Waals surface area contributed by atoms with Gasteiger partial charge in [0.2, 0.25) is 0 Å². The molecule has 0 atom stereocenters. The first kappa shape index (κ1) is 9.37. The highest BCUT2D eigenvalue weighted by Crippen LogP contribution is 1.85. The van der Waals surface area contributed by atoms with E-state index in [0.29, 0.717) is 0 Å². The summed E-state index contributed by atoms with van der Waals surface area (Å²) in [4.78, 5) is 12.5. The van der Waals surface area contributed by atoms with Crippen molar-refractivity contribution >= 4 is 5.78 Å². The Balaban J connectivity index is 3.27. The van der Waals surface area contributed by atoms with Gasteiger partial charge >= 0.3 is 0 Å². The number of ketones is 1. The van der Waals surface area contributed by atoms with Crippen molar-refractivity contribution in [1.82, 2.24) is 4.90 Å². The molecule has 0 aromatic heterocycles. The second kappa shape index (κ2) is 5.18. The summed E-state index contributed by atoms with van der Waals surface area (Å²) in [5.74, 6) is 0.124. The van der Waals surface area contributed by atoms with Crippen LogP contribution in [0.5, 0.6) is 0 Å². The van der Waals surface area contributed by atoms with Gasteiger partial charge in [-0.2, -0.15) is 0 Å². The molecule has 0 aromatic rings. The highest BCUT2D eigenvalue weighted by molar-refractivity contribution is 5.87. The minimum atomic E-state index is 0.124. The zero-order valence-electron chi connectivity index (χ0n) is 6.92. The van der Waals surface area contributed by atoms with Crippen LogP contribution in [0.25, 0.3) is 0 Å². The lowest BCUT2D eigenvalue weighted by atomic mass is 10.3. The van der Waals surface area contributed by atoms with Crippen molar-refractivity contribution < 1.29 is 4.79 Å². The lowest BCUT2D eigenvalue weighted by molar-refractivity contribution is -0.112. The maximum Gasteiger partial charge on any atom is 0.152 e. The third-order valence-electron chi connectivity index (χ3n) is 1.10. The van der Waals surface area contributed by atoms with Crippen LogP contribution in [0.3, 0.4) is 0 Å². The fourth-order valence-corrected chi connectivity index (χ4v) is 0.582. The zero-order chi connectivity index (χ0) is 7.98. The summed E-state index contributed by atoms with van der Waals surface area (Å²) in [6.07, 6.45) is 4.47. The lowest BCUT2D eigenvalue weighted by Gasteiger charge is -2.04. The number of rotatable bonds is 4. The summed E-state index contributed by atoms with van der Waals surface area (Å²) >= 11 is 0. The molecule has 0 saturated carbocycles. The van der Waals surface area contributed by atoms with Crippen LogP contribution in [0.2, 0.25) is 0 Å². The fourth-order valence-electron chi connectivity index (χ4n) is 0.582. The van der Waals surface area contributed by atoms with Crippen LogP contribution in [0.15, 0.2) is 12.2 Å². The van der Waals surface area contributed by atoms with Gasteiger partial charge in [0.25, 0.3) is 0 Å². The molecule has 0 unspecified atom stereocenters. The summed E-state index contributed by atoms with van der Waals surface area (Å²) in [7, 11) is 4.03. The van der Waals surface area contributed by atoms with Gasteiger partial charge in [0.15, 0.2) is 5.78 Å². The van der Waals surface area contributed by atoms with E-state index in [1.54, 1.807) is 13.0 Å². The molecule has 0 rings (SSSR count). The van der Waals surface area contributed by atoms with E-state index < -0.39 is 0 Å². The van der Waals surface area contributed by atoms with Crippen LogP contribution in [0, 0.1) is 0 Å². The highest BCUT2D eigenvalue weighted by Gasteiger charge is 1.85. The average Bonchev–Trinajstić information content (AvgIpc) is 1.79. The van der Waals surface area contributed by atoms with Crippen molar-refractivity contribution in [2.45, 2.75) is 13.3 Å². The standard InChI is InChI=1S/C8H15NO/c1-8(10)6-4-5-7-9(2)3/h4,6H,5,7H2,1-3H3/b6-4+. The van der Waals surface area contributed by atoms with E-state index in [4.69, 9.17) is 0 Å². The topological polar surface area (TPSA) is 20.3 Å². The second-order valence-corrected chi connectivity index (χ2v) is 2.60. The van der Waals surface area contributed by atoms with Gasteiger partial charge < -0.3 is 4.90 Å². The number of hydrogen-bond acceptors (Lipinski definition) is 2. The normalized spacial score (nSPS) is 11.2. The van der Waals surface area contributed by atoms with Gasteiger partial charge in [0.1, 0.15) is 0 Å². The van der Waals surface area contributed by atoms with E-state index in [-0.39, 0.29) is 5.78 Å². The number of carbonyl (C=O) groups is 1. The molecular formula is C8H15NO. The molecule has 0 aliphatic heterocycles. The van der Waals surface area contributed by atoms with Crippen molar-refractivity contribution in [3.63, 3.8) is 0 Å². The molecule has 0 aliphatic rings. The molecule has 0 fully saturated rings. The van der Waals surface area contributed by atoms with Gasteiger partial charge in [-0.05, 0) is 33.5 Å². The Kier molecular flexibility index (Phi) is 4.85. The molecule has 0 spiro atoms. The first-order chi connectivity index (χ1) is 4.63. The van der Waals surface area contributed by atoms with Gasteiger partial charge in [0.05, 0.1) is 0 Å². The zero-order valence-corrected chi connectivity index (χ0v) is 6.92. The van der Waals surface area contributed by atoms with Gasteiger partial charge in [0, 0.05) is 6.54 Å². The van der Waals surface area contributed by atoms with Gasteiger partial charge in [-0.3, -0.25) is 4.79 Å². The first-order valence-corrected chi connectivity index (χ1v) is 3.45. The Morgan fingerprint density at radius 2 is 2.10 bits per heavy atom. The maximum atomic E-state index is 10.4. The Morgan fingerprint density at radius 3 is 2.50 bits per heavy atom. The van der Waals surface area contributed by atoms with Crippen molar-refractivity contribution in [3.8, 4) is 0 Å². The lowest BCUT2D eigenvalue weighted by Crippen LogP contribution is -2.11. The molecule has 10 heavy (non-hydrogen) atoms. The van der Waals surface area contributed by atoms with E-state index in [9.17, 15) is 4.79 Å². The molecule has 58 valence electrons. The molecule has 2 nitrogen and oxygen atoms in total. The van der Waals surface area contributed by atoms with Gasteiger partial charge in [-0.15, -0.1) is 0 Å². The van der Waals surface area contributed by atoms with Crippen LogP contribution in [-0.4, -0.2) is 31.3 Å². The van der Waals surface area contributed by atoms with Crippen molar-refractivity contribution in [1.29, 1.82) is 0 Å². The van der Waals surface area contributed by atoms with Crippen molar-refractivity contribution in [2.24, 2.45) is 0 Å². The van der Waals surface area contributed by atoms with Gasteiger partial charge in [-0.1, -0.05) is 6.08 Å². The second-order valence-electron chi connectivity index (χ2n) is 2.60. The summed E-state index contributed by atoms with van der Waals surface area (Å²) < 4.78 is 0. The summed E-state index contributed by atoms with van der Waals surface area (Å²) in [5, 5.41) is 0. The Bertz CT molecular complexity index is 127. The highest BCUT2D eigenvalue weighted by atomic mass is 16.1. The molecule has 2 heteroatoms. The SMILES string of the molecule is CC(=O)/C=C/CCN(C)C. The molecule has 0 radical (unpaired) electrons. The van der Waals surface area contributed by atoms with E-state index in [1.807, 2.05) is 20.2 Å². The predicted octanol–water partition coefficient (Wildman–Crippen LogP) is 1.08. The number of carbonyl (C=O) groups excluding carboxylic acids is 1. The first-order valence-electron chi connectivity index (χ1n) is 3.45. The third kappa shape index (κ3) is 7.37. The van der Waals surface area contributed by atoms with Crippen LogP contribution in [0.1, 0.15) is 13.3 Å².